The highest BCUT2D eigenvalue weighted by molar-refractivity contribution is 5.81. The highest BCUT2D eigenvalue weighted by Gasteiger charge is 2.62. The molecule has 0 aromatic heterocycles. The second kappa shape index (κ2) is 5.56. The van der Waals surface area contributed by atoms with Crippen LogP contribution in [0.15, 0.2) is 0 Å². The van der Waals surface area contributed by atoms with E-state index in [0.29, 0.717) is 17.7 Å². The van der Waals surface area contributed by atoms with E-state index in [9.17, 15) is 31.1 Å². The first-order valence-corrected chi connectivity index (χ1v) is 5.63. The number of hydrogen-bond donors (Lipinski definition) is 1. The minimum Gasteiger partial charge on any atom is -0.394 e. The SMILES string of the molecule is O=C(C(C(F)(F)F)C(F)(F)F)N1CCCCC1CO. The van der Waals surface area contributed by atoms with Gasteiger partial charge >= 0.3 is 12.4 Å². The molecule has 3 nitrogen and oxygen atoms in total. The number of carbonyl (C=O) groups is 1. The van der Waals surface area contributed by atoms with Crippen LogP contribution in [0.3, 0.4) is 0 Å². The van der Waals surface area contributed by atoms with Gasteiger partial charge in [0.2, 0.25) is 11.8 Å². The zero-order valence-corrected chi connectivity index (χ0v) is 9.76. The molecule has 0 bridgehead atoms. The Bertz CT molecular complexity index is 313. The van der Waals surface area contributed by atoms with Crippen molar-refractivity contribution in [3.05, 3.63) is 0 Å². The Balaban J connectivity index is 2.99. The molecule has 1 saturated heterocycles. The summed E-state index contributed by atoms with van der Waals surface area (Å²) in [5.74, 6) is -6.05. The molecule has 0 aromatic carbocycles. The maximum atomic E-state index is 12.4. The Morgan fingerprint density at radius 2 is 1.68 bits per heavy atom. The molecule has 0 aromatic rings. The molecule has 0 saturated carbocycles. The number of rotatable bonds is 2. The maximum absolute atomic E-state index is 12.4. The van der Waals surface area contributed by atoms with Gasteiger partial charge in [0.25, 0.3) is 0 Å². The molecule has 0 radical (unpaired) electrons. The predicted octanol–water partition coefficient (Wildman–Crippen LogP) is 2.10. The lowest BCUT2D eigenvalue weighted by Gasteiger charge is -2.37. The third-order valence-corrected chi connectivity index (χ3v) is 3.02. The van der Waals surface area contributed by atoms with Gasteiger partial charge in [0, 0.05) is 6.54 Å². The smallest absolute Gasteiger partial charge is 0.394 e. The summed E-state index contributed by atoms with van der Waals surface area (Å²) >= 11 is 0. The number of nitrogens with zero attached hydrogens (tertiary/aromatic N) is 1. The van der Waals surface area contributed by atoms with E-state index in [1.54, 1.807) is 0 Å². The van der Waals surface area contributed by atoms with E-state index in [0.717, 1.165) is 0 Å². The molecule has 1 unspecified atom stereocenters. The molecule has 1 rings (SSSR count). The maximum Gasteiger partial charge on any atom is 0.409 e. The van der Waals surface area contributed by atoms with E-state index < -0.39 is 36.8 Å². The number of aliphatic hydroxyl groups is 1. The summed E-state index contributed by atoms with van der Waals surface area (Å²) in [6, 6.07) is -0.978. The highest BCUT2D eigenvalue weighted by atomic mass is 19.4. The average molecular weight is 293 g/mol. The lowest BCUT2D eigenvalue weighted by Crippen LogP contribution is -2.54. The van der Waals surface area contributed by atoms with Crippen molar-refractivity contribution in [3.8, 4) is 0 Å². The fourth-order valence-electron chi connectivity index (χ4n) is 2.11. The Morgan fingerprint density at radius 3 is 2.11 bits per heavy atom. The van der Waals surface area contributed by atoms with Crippen molar-refractivity contribution < 1.29 is 36.2 Å². The molecule has 1 amide bonds. The third-order valence-electron chi connectivity index (χ3n) is 3.02. The molecule has 9 heteroatoms. The third kappa shape index (κ3) is 3.74. The Morgan fingerprint density at radius 1 is 1.16 bits per heavy atom. The van der Waals surface area contributed by atoms with E-state index >= 15 is 0 Å². The second-order valence-electron chi connectivity index (χ2n) is 4.38. The van der Waals surface area contributed by atoms with Crippen molar-refractivity contribution in [3.63, 3.8) is 0 Å². The van der Waals surface area contributed by atoms with Gasteiger partial charge in [0.05, 0.1) is 12.6 Å². The van der Waals surface area contributed by atoms with Crippen molar-refractivity contribution in [2.24, 2.45) is 5.92 Å². The van der Waals surface area contributed by atoms with Crippen LogP contribution >= 0.6 is 0 Å². The summed E-state index contributed by atoms with van der Waals surface area (Å²) in [5.41, 5.74) is 0. The standard InChI is InChI=1S/C10H13F6NO2/c11-9(12,13)7(10(14,15)16)8(19)17-4-2-1-3-6(17)5-18/h6-7,18H,1-5H2. The van der Waals surface area contributed by atoms with Gasteiger partial charge in [0.15, 0.2) is 0 Å². The Kier molecular flexibility index (Phi) is 4.70. The van der Waals surface area contributed by atoms with Crippen LogP contribution in [-0.2, 0) is 4.79 Å². The number of halogens is 6. The quantitative estimate of drug-likeness (QED) is 0.792. The van der Waals surface area contributed by atoms with Gasteiger partial charge in [0.1, 0.15) is 0 Å². The Labute approximate surface area is 105 Å². The highest BCUT2D eigenvalue weighted by Crippen LogP contribution is 2.41. The molecule has 1 N–H and O–H groups in total. The molecule has 0 aliphatic carbocycles. The lowest BCUT2D eigenvalue weighted by molar-refractivity contribution is -0.278. The number of carbonyl (C=O) groups excluding carboxylic acids is 1. The summed E-state index contributed by atoms with van der Waals surface area (Å²) in [6.07, 6.45) is -10.3. The lowest BCUT2D eigenvalue weighted by atomic mass is 9.99. The van der Waals surface area contributed by atoms with E-state index in [4.69, 9.17) is 5.11 Å². The molecule has 1 heterocycles. The van der Waals surface area contributed by atoms with Gasteiger partial charge in [-0.1, -0.05) is 0 Å². The number of likely N-dealkylation sites (tertiary alicyclic amines) is 1. The van der Waals surface area contributed by atoms with Crippen molar-refractivity contribution >= 4 is 5.91 Å². The van der Waals surface area contributed by atoms with Crippen molar-refractivity contribution in [1.29, 1.82) is 0 Å². The zero-order chi connectivity index (χ0) is 14.8. The molecule has 112 valence electrons. The number of aliphatic hydroxyl groups excluding tert-OH is 1. The number of hydrogen-bond acceptors (Lipinski definition) is 2. The van der Waals surface area contributed by atoms with E-state index in [1.165, 1.54) is 0 Å². The van der Waals surface area contributed by atoms with E-state index in [-0.39, 0.29) is 13.0 Å². The van der Waals surface area contributed by atoms with Gasteiger partial charge < -0.3 is 10.0 Å². The number of piperidine rings is 1. The number of amides is 1. The molecule has 1 aliphatic heterocycles. The van der Waals surface area contributed by atoms with Gasteiger partial charge in [-0.3, -0.25) is 4.79 Å². The van der Waals surface area contributed by atoms with Crippen LogP contribution in [0.4, 0.5) is 26.3 Å². The van der Waals surface area contributed by atoms with Gasteiger partial charge in [-0.2, -0.15) is 26.3 Å². The summed E-state index contributed by atoms with van der Waals surface area (Å²) in [5, 5.41) is 8.94. The first-order chi connectivity index (χ1) is 8.59. The van der Waals surface area contributed by atoms with Crippen LogP contribution in [0.25, 0.3) is 0 Å². The monoisotopic (exact) mass is 293 g/mol. The molecule has 19 heavy (non-hydrogen) atoms. The van der Waals surface area contributed by atoms with Crippen molar-refractivity contribution in [1.82, 2.24) is 4.90 Å². The summed E-state index contributed by atoms with van der Waals surface area (Å²) < 4.78 is 74.5. The molecular weight excluding hydrogens is 280 g/mol. The normalized spacial score (nSPS) is 21.9. The average Bonchev–Trinajstić information content (AvgIpc) is 2.24. The summed E-state index contributed by atoms with van der Waals surface area (Å²) in [6.45, 7) is -0.846. The topological polar surface area (TPSA) is 40.5 Å². The largest absolute Gasteiger partial charge is 0.409 e. The minimum absolute atomic E-state index is 0.199. The van der Waals surface area contributed by atoms with Crippen LogP contribution in [0.1, 0.15) is 19.3 Å². The van der Waals surface area contributed by atoms with Crippen molar-refractivity contribution in [2.75, 3.05) is 13.2 Å². The fourth-order valence-corrected chi connectivity index (χ4v) is 2.11. The van der Waals surface area contributed by atoms with Crippen LogP contribution in [0, 0.1) is 5.92 Å². The molecule has 1 fully saturated rings. The predicted molar refractivity (Wildman–Crippen MR) is 52.0 cm³/mol. The van der Waals surface area contributed by atoms with Gasteiger partial charge in [-0.15, -0.1) is 0 Å². The van der Waals surface area contributed by atoms with Crippen LogP contribution in [0.2, 0.25) is 0 Å². The molecule has 1 atom stereocenters. The van der Waals surface area contributed by atoms with Crippen molar-refractivity contribution in [2.45, 2.75) is 37.7 Å². The first kappa shape index (κ1) is 16.1. The molecule has 1 aliphatic rings. The van der Waals surface area contributed by atoms with Crippen LogP contribution < -0.4 is 0 Å². The van der Waals surface area contributed by atoms with Gasteiger partial charge in [-0.05, 0) is 19.3 Å². The van der Waals surface area contributed by atoms with Crippen LogP contribution in [-0.4, -0.2) is 47.5 Å². The first-order valence-electron chi connectivity index (χ1n) is 5.63. The molecular formula is C10H13F6NO2. The number of alkyl halides is 6. The van der Waals surface area contributed by atoms with E-state index in [2.05, 4.69) is 0 Å². The van der Waals surface area contributed by atoms with Crippen LogP contribution in [0.5, 0.6) is 0 Å². The Hall–Kier alpha value is -0.990. The summed E-state index contributed by atoms with van der Waals surface area (Å²) in [4.78, 5) is 12.0. The summed E-state index contributed by atoms with van der Waals surface area (Å²) in [7, 11) is 0. The minimum atomic E-state index is -5.69. The zero-order valence-electron chi connectivity index (χ0n) is 9.76. The molecule has 0 spiro atoms. The second-order valence-corrected chi connectivity index (χ2v) is 4.38. The van der Waals surface area contributed by atoms with E-state index in [1.807, 2.05) is 0 Å². The van der Waals surface area contributed by atoms with Gasteiger partial charge in [-0.25, -0.2) is 0 Å². The fraction of sp³-hybridized carbons (Fsp3) is 0.900.